The third-order valence-corrected chi connectivity index (χ3v) is 23.9. The molecule has 4 fully saturated rings. The van der Waals surface area contributed by atoms with Crippen LogP contribution in [-0.4, -0.2) is 175 Å². The van der Waals surface area contributed by atoms with E-state index in [0.29, 0.717) is 158 Å². The van der Waals surface area contributed by atoms with Crippen molar-refractivity contribution < 1.29 is 61.1 Å². The number of rotatable bonds is 8. The topological polar surface area (TPSA) is 279 Å². The Balaban J connectivity index is 0.000000147. The molecular formula is C78H93Br3F3N13O10S. The van der Waals surface area contributed by atoms with Gasteiger partial charge in [0.25, 0.3) is 0 Å². The first-order valence-electron chi connectivity index (χ1n) is 36.9. The Morgan fingerprint density at radius 1 is 0.546 bits per heavy atom. The van der Waals surface area contributed by atoms with Crippen molar-refractivity contribution in [3.8, 4) is 0 Å². The number of hydrogen-bond donors (Lipinski definition) is 4. The van der Waals surface area contributed by atoms with E-state index < -0.39 is 39.3 Å². The number of halogens is 6. The van der Waals surface area contributed by atoms with Crippen LogP contribution in [0.3, 0.4) is 0 Å². The highest BCUT2D eigenvalue weighted by molar-refractivity contribution is 9.11. The number of nitrogens with one attached hydrogen (secondary N) is 4. The van der Waals surface area contributed by atoms with E-state index in [4.69, 9.17) is 4.74 Å². The number of ether oxygens (including phenoxy) is 1. The second-order valence-corrected chi connectivity index (χ2v) is 35.4. The molecule has 4 saturated heterocycles. The van der Waals surface area contributed by atoms with Crippen molar-refractivity contribution in [2.45, 2.75) is 163 Å². The number of fused-ring (bicyclic) bond motifs is 4. The molecule has 5 aromatic heterocycles. The van der Waals surface area contributed by atoms with Crippen LogP contribution in [0.15, 0.2) is 97.7 Å². The van der Waals surface area contributed by atoms with Gasteiger partial charge >= 0.3 is 18.2 Å². The summed E-state index contributed by atoms with van der Waals surface area (Å²) in [6.07, 6.45) is 16.9. The van der Waals surface area contributed by atoms with Gasteiger partial charge in [-0.05, 0) is 233 Å². The van der Waals surface area contributed by atoms with Gasteiger partial charge in [0.2, 0.25) is 41.4 Å². The maximum Gasteiger partial charge on any atom is 0.471 e. The summed E-state index contributed by atoms with van der Waals surface area (Å²) < 4.78 is 45.5. The molecule has 108 heavy (non-hydrogen) atoms. The molecule has 14 heterocycles. The highest BCUT2D eigenvalue weighted by Crippen LogP contribution is 2.46. The van der Waals surface area contributed by atoms with Crippen LogP contribution in [0.2, 0.25) is 0 Å². The molecule has 4 N–H and O–H groups in total. The van der Waals surface area contributed by atoms with Gasteiger partial charge in [0.1, 0.15) is 28.9 Å². The van der Waals surface area contributed by atoms with E-state index in [9.17, 15) is 56.3 Å². The first kappa shape index (κ1) is 81.0. The number of nitrogens with zero attached hydrogens (tertiary/aromatic N) is 9. The van der Waals surface area contributed by atoms with E-state index >= 15 is 0 Å². The quantitative estimate of drug-likeness (QED) is 0.0831. The molecule has 0 aromatic carbocycles. The Labute approximate surface area is 656 Å². The van der Waals surface area contributed by atoms with Gasteiger partial charge in [-0.1, -0.05) is 45.4 Å². The van der Waals surface area contributed by atoms with Crippen molar-refractivity contribution in [3.05, 3.63) is 130 Å². The molecule has 9 aliphatic heterocycles. The fourth-order valence-electron chi connectivity index (χ4n) is 15.5. The Morgan fingerprint density at radius 2 is 0.926 bits per heavy atom. The zero-order chi connectivity index (χ0) is 77.7. The van der Waals surface area contributed by atoms with E-state index in [-0.39, 0.29) is 73.4 Å². The number of pyridine rings is 4. The third kappa shape index (κ3) is 19.6. The van der Waals surface area contributed by atoms with E-state index in [1.165, 1.54) is 10.5 Å². The van der Waals surface area contributed by atoms with Gasteiger partial charge in [0.15, 0.2) is 0 Å². The van der Waals surface area contributed by atoms with Crippen molar-refractivity contribution in [2.75, 3.05) is 86.7 Å². The summed E-state index contributed by atoms with van der Waals surface area (Å²) in [6.45, 7) is 18.6. The lowest BCUT2D eigenvalue weighted by Crippen LogP contribution is -2.53. The first-order valence-corrected chi connectivity index (χ1v) is 40.1. The SMILES string of the molecule is CC(C)(C)OC(=O)N1CCC2(CC1)Cc1cc(Br)cnc1NC2=O.CC(C)CC(=O)N1CCC2(CC1)Cc1cc(/C=C/C(=O)N3CC=C(Cc4cccs4)CC3)cnc1NC2=O.CC(C)CC(=O)N1CCC2(CC1)Cc1cc(Br)cnc1NC2=O.O=C(N1CCC2(CC1)Cc1cc(Br)cnc1NC2=O)C(F)(F)F. The Bertz CT molecular complexity index is 4310. The molecule has 30 heteroatoms. The fourth-order valence-corrected chi connectivity index (χ4v) is 17.4. The summed E-state index contributed by atoms with van der Waals surface area (Å²) in [5.74, 6) is 1.45. The Morgan fingerprint density at radius 3 is 1.28 bits per heavy atom. The number of carbonyl (C=O) groups is 9. The van der Waals surface area contributed by atoms with Crippen molar-refractivity contribution in [1.82, 2.24) is 44.4 Å². The number of likely N-dealkylation sites (tertiary alicyclic amines) is 4. The molecule has 9 amide bonds. The van der Waals surface area contributed by atoms with Crippen LogP contribution in [0.5, 0.6) is 0 Å². The first-order chi connectivity index (χ1) is 51.1. The molecule has 0 aliphatic carbocycles. The van der Waals surface area contributed by atoms with Crippen molar-refractivity contribution >= 4 is 142 Å². The van der Waals surface area contributed by atoms with Gasteiger partial charge in [-0.15, -0.1) is 11.3 Å². The Kier molecular flexibility index (Phi) is 25.3. The van der Waals surface area contributed by atoms with Gasteiger partial charge in [0, 0.05) is 134 Å². The number of carbonyl (C=O) groups excluding carboxylic acids is 9. The van der Waals surface area contributed by atoms with Crippen molar-refractivity contribution in [3.63, 3.8) is 0 Å². The smallest absolute Gasteiger partial charge is 0.444 e. The lowest BCUT2D eigenvalue weighted by atomic mass is 9.71. The van der Waals surface area contributed by atoms with Crippen LogP contribution in [0.4, 0.5) is 41.2 Å². The zero-order valence-corrected chi connectivity index (χ0v) is 67.5. The second kappa shape index (κ2) is 33.7. The maximum atomic E-state index is 13.1. The molecule has 9 aliphatic rings. The number of hydrogen-bond acceptors (Lipinski definition) is 15. The summed E-state index contributed by atoms with van der Waals surface area (Å²) in [5.41, 5.74) is 3.51. The molecule has 23 nitrogen and oxygen atoms in total. The molecule has 14 rings (SSSR count). The van der Waals surface area contributed by atoms with E-state index in [2.05, 4.69) is 126 Å². The third-order valence-electron chi connectivity index (χ3n) is 21.7. The van der Waals surface area contributed by atoms with Crippen LogP contribution in [0.25, 0.3) is 6.08 Å². The second-order valence-electron chi connectivity index (χ2n) is 31.6. The molecule has 0 radical (unpaired) electrons. The van der Waals surface area contributed by atoms with Gasteiger partial charge in [-0.3, -0.25) is 38.4 Å². The Hall–Kier alpha value is -7.96. The normalized spacial score (nSPS) is 19.5. The summed E-state index contributed by atoms with van der Waals surface area (Å²) in [5, 5.41) is 13.7. The standard InChI is InChI=1S/C30H36N4O3S.C17H22BrN3O3.C17H22BrN3O2.C14H13BrF3N3O2/c1-21(2)16-27(36)34-13-9-30(10-14-34)19-24-17-23(20-31-28(24)32-29(30)37)5-6-26(35)33-11-7-22(8-12-33)18-25-4-3-15-38-25;1-16(2,3)24-15(23)21-6-4-17(5-7-21)9-11-8-12(18)10-19-13(11)20-14(17)22;1-11(2)7-14(22)21-5-3-17(4-6-21)9-12-8-13(18)10-19-15(12)20-16(17)23;15-9-5-8-6-13(11(22)20-10(8)19-7-9)1-3-21(4-2-13)12(23)14(16,17)18/h3-7,15,17,20-21H,8-14,16,18-19H2,1-2H3,(H,31,32,37);8,10H,4-7,9H2,1-3H3,(H,19,20,22);8,10-11H,3-7,9H2,1-2H3,(H,19,20,23);5,7H,1-4,6H2,(H,19,20,22)/b6-5+;;;. The van der Waals surface area contributed by atoms with Gasteiger partial charge < -0.3 is 50.5 Å². The molecule has 0 atom stereocenters. The van der Waals surface area contributed by atoms with Crippen molar-refractivity contribution in [1.29, 1.82) is 0 Å². The van der Waals surface area contributed by atoms with Crippen LogP contribution in [0, 0.1) is 33.5 Å². The van der Waals surface area contributed by atoms with E-state index in [0.717, 1.165) is 65.5 Å². The average Bonchev–Trinajstić information content (AvgIpc) is 0.815. The number of amides is 9. The van der Waals surface area contributed by atoms with Gasteiger partial charge in [0.05, 0.1) is 21.7 Å². The minimum Gasteiger partial charge on any atom is -0.444 e. The average molecular weight is 1700 g/mol. The summed E-state index contributed by atoms with van der Waals surface area (Å²) >= 11 is 12.0. The lowest BCUT2D eigenvalue weighted by molar-refractivity contribution is -0.187. The number of alkyl halides is 3. The molecule has 5 aromatic rings. The van der Waals surface area contributed by atoms with Crippen LogP contribution >= 0.6 is 59.1 Å². The highest BCUT2D eigenvalue weighted by Gasteiger charge is 2.52. The molecular weight excluding hydrogens is 1610 g/mol. The highest BCUT2D eigenvalue weighted by atomic mass is 79.9. The number of anilines is 4. The fraction of sp³-hybridized carbons (Fsp3) is 0.526. The molecule has 0 saturated carbocycles. The minimum atomic E-state index is -4.87. The predicted octanol–water partition coefficient (Wildman–Crippen LogP) is 13.6. The van der Waals surface area contributed by atoms with E-state index in [1.54, 1.807) is 47.1 Å². The predicted molar refractivity (Wildman–Crippen MR) is 415 cm³/mol. The summed E-state index contributed by atoms with van der Waals surface area (Å²) in [4.78, 5) is 138. The molecule has 0 unspecified atom stereocenters. The minimum absolute atomic E-state index is 0.00245. The monoisotopic (exact) mass is 1700 g/mol. The number of aromatic nitrogens is 4. The van der Waals surface area contributed by atoms with Gasteiger partial charge in [-0.2, -0.15) is 13.2 Å². The van der Waals surface area contributed by atoms with Gasteiger partial charge in [-0.25, -0.2) is 24.7 Å². The summed E-state index contributed by atoms with van der Waals surface area (Å²) in [6, 6.07) is 12.1. The van der Waals surface area contributed by atoms with Crippen LogP contribution in [0.1, 0.15) is 152 Å². The van der Waals surface area contributed by atoms with Crippen LogP contribution in [-0.2, 0) is 75.2 Å². The number of thiophene rings is 1. The summed E-state index contributed by atoms with van der Waals surface area (Å²) in [7, 11) is 0. The number of piperidine rings is 4. The zero-order valence-electron chi connectivity index (χ0n) is 61.9. The molecule has 4 spiro atoms. The maximum absolute atomic E-state index is 13.1. The molecule has 578 valence electrons. The lowest BCUT2D eigenvalue weighted by Gasteiger charge is -2.43. The van der Waals surface area contributed by atoms with E-state index in [1.807, 2.05) is 79.7 Å². The molecule has 0 bridgehead atoms. The largest absolute Gasteiger partial charge is 0.471 e. The van der Waals surface area contributed by atoms with Crippen LogP contribution < -0.4 is 21.3 Å². The van der Waals surface area contributed by atoms with Crippen molar-refractivity contribution in [2.24, 2.45) is 33.5 Å².